The molecule has 0 amide bonds. The molecule has 0 N–H and O–H groups in total. The Morgan fingerprint density at radius 1 is 1.00 bits per heavy atom. The van der Waals surface area contributed by atoms with E-state index in [4.69, 9.17) is 0 Å². The van der Waals surface area contributed by atoms with Crippen LogP contribution in [0.1, 0.15) is 25.7 Å². The third-order valence-electron chi connectivity index (χ3n) is 3.23. The average molecular weight is 220 g/mol. The quantitative estimate of drug-likeness (QED) is 0.435. The minimum absolute atomic E-state index is 0. The van der Waals surface area contributed by atoms with E-state index in [9.17, 15) is 17.3 Å². The van der Waals surface area contributed by atoms with Crippen molar-refractivity contribution in [2.45, 2.75) is 37.7 Å². The molecule has 70 valence electrons. The molecule has 6 heteroatoms. The Balaban J connectivity index is 0.000000845. The van der Waals surface area contributed by atoms with Gasteiger partial charge in [-0.1, -0.05) is 18.7 Å². The third kappa shape index (κ3) is 2.33. The van der Waals surface area contributed by atoms with Crippen molar-refractivity contribution in [2.75, 3.05) is 0 Å². The van der Waals surface area contributed by atoms with Gasteiger partial charge in [0, 0.05) is 0 Å². The van der Waals surface area contributed by atoms with Gasteiger partial charge in [0.2, 0.25) is 0 Å². The average Bonchev–Trinajstić information content (AvgIpc) is 1.71. The molecule has 0 radical (unpaired) electrons. The normalized spacial score (nSPS) is 43.4. The number of rotatable bonds is 1. The first-order chi connectivity index (χ1) is 5.41. The van der Waals surface area contributed by atoms with Gasteiger partial charge in [0.15, 0.2) is 0 Å². The number of hydrogen-bond acceptors (Lipinski definition) is 0. The van der Waals surface area contributed by atoms with Gasteiger partial charge in [-0.2, -0.15) is 0 Å². The minimum atomic E-state index is -4.65. The van der Waals surface area contributed by atoms with Crippen molar-refractivity contribution in [3.05, 3.63) is 0 Å². The Morgan fingerprint density at radius 2 is 1.46 bits per heavy atom. The molecule has 0 aliphatic heterocycles. The summed E-state index contributed by atoms with van der Waals surface area (Å²) in [6.45, 7) is -4.65. The van der Waals surface area contributed by atoms with Crippen molar-refractivity contribution < 1.29 is 68.7 Å². The van der Waals surface area contributed by atoms with Crippen LogP contribution in [-0.4, -0.2) is 13.1 Å². The number of halogens is 4. The van der Waals surface area contributed by atoms with Gasteiger partial charge in [0.25, 0.3) is 0 Å². The van der Waals surface area contributed by atoms with Gasteiger partial charge in [-0.15, -0.1) is 0 Å². The molecule has 0 atom stereocenters. The zero-order valence-electron chi connectivity index (χ0n) is 7.57. The van der Waals surface area contributed by atoms with E-state index in [1.54, 1.807) is 0 Å². The number of alkyl halides is 1. The van der Waals surface area contributed by atoms with Crippen LogP contribution in [-0.2, 0) is 0 Å². The summed E-state index contributed by atoms with van der Waals surface area (Å²) in [7, 11) is 0. The minimum Gasteiger partial charge on any atom is -0.449 e. The van der Waals surface area contributed by atoms with E-state index < -0.39 is 19.0 Å². The first kappa shape index (κ1) is 12.5. The van der Waals surface area contributed by atoms with Crippen LogP contribution >= 0.6 is 0 Å². The SMILES string of the molecule is FC1CC2(C1)CC([B-](F)(F)F)C2.[K+]. The van der Waals surface area contributed by atoms with Gasteiger partial charge in [0.05, 0.1) is 0 Å². The van der Waals surface area contributed by atoms with Crippen LogP contribution in [0.2, 0.25) is 5.82 Å². The van der Waals surface area contributed by atoms with Crippen LogP contribution in [0.25, 0.3) is 0 Å². The Kier molecular flexibility index (Phi) is 3.63. The maximum atomic E-state index is 12.4. The van der Waals surface area contributed by atoms with Crippen molar-refractivity contribution in [3.8, 4) is 0 Å². The van der Waals surface area contributed by atoms with Crippen LogP contribution in [0.15, 0.2) is 0 Å². The van der Waals surface area contributed by atoms with E-state index in [2.05, 4.69) is 0 Å². The molecule has 2 rings (SSSR count). The fourth-order valence-electron chi connectivity index (χ4n) is 2.53. The van der Waals surface area contributed by atoms with Crippen LogP contribution in [0.4, 0.5) is 17.3 Å². The molecule has 2 fully saturated rings. The monoisotopic (exact) mass is 220 g/mol. The molecule has 0 bridgehead atoms. The van der Waals surface area contributed by atoms with Crippen molar-refractivity contribution in [1.29, 1.82) is 0 Å². The second kappa shape index (κ2) is 3.77. The fraction of sp³-hybridized carbons (Fsp3) is 1.00. The molecule has 0 nitrogen and oxygen atoms in total. The molecule has 0 aromatic heterocycles. The van der Waals surface area contributed by atoms with E-state index >= 15 is 0 Å². The first-order valence-corrected chi connectivity index (χ1v) is 4.25. The Hall–Kier alpha value is 1.42. The van der Waals surface area contributed by atoms with Crippen molar-refractivity contribution in [3.63, 3.8) is 0 Å². The summed E-state index contributed by atoms with van der Waals surface area (Å²) in [5.41, 5.74) is -0.235. The zero-order chi connectivity index (χ0) is 8.98. The fourth-order valence-corrected chi connectivity index (χ4v) is 2.53. The predicted molar refractivity (Wildman–Crippen MR) is 38.6 cm³/mol. The molecule has 2 aliphatic carbocycles. The van der Waals surface area contributed by atoms with Gasteiger partial charge in [-0.05, 0) is 18.3 Å². The van der Waals surface area contributed by atoms with Crippen molar-refractivity contribution >= 4 is 6.98 Å². The van der Waals surface area contributed by atoms with Crippen LogP contribution < -0.4 is 51.4 Å². The van der Waals surface area contributed by atoms with Crippen LogP contribution in [0.5, 0.6) is 0 Å². The third-order valence-corrected chi connectivity index (χ3v) is 3.23. The first-order valence-electron chi connectivity index (χ1n) is 4.25. The Bertz CT molecular complexity index is 191. The second-order valence-electron chi connectivity index (χ2n) is 4.30. The molecule has 0 aromatic carbocycles. The van der Waals surface area contributed by atoms with Crippen LogP contribution in [0.3, 0.4) is 0 Å². The standard InChI is InChI=1S/C7H10BF4.K/c9-6-3-7(4-6)1-5(2-7)8(10,11)12;/h5-6H,1-4H2;/q-1;+1. The summed E-state index contributed by atoms with van der Waals surface area (Å²) in [5.74, 6) is -1.09. The maximum absolute atomic E-state index is 12.4. The number of hydrogen-bond donors (Lipinski definition) is 0. The Morgan fingerprint density at radius 3 is 1.77 bits per heavy atom. The zero-order valence-corrected chi connectivity index (χ0v) is 10.7. The molecular formula is C7H10BF4K. The summed E-state index contributed by atoms with van der Waals surface area (Å²) in [6.07, 6.45) is 0.297. The van der Waals surface area contributed by atoms with E-state index in [0.717, 1.165) is 0 Å². The molecule has 0 heterocycles. The van der Waals surface area contributed by atoms with Gasteiger partial charge in [0.1, 0.15) is 6.17 Å². The van der Waals surface area contributed by atoms with E-state index in [0.29, 0.717) is 12.8 Å². The molecule has 0 saturated heterocycles. The van der Waals surface area contributed by atoms with Gasteiger partial charge < -0.3 is 12.9 Å². The van der Waals surface area contributed by atoms with Gasteiger partial charge in [-0.25, -0.2) is 4.39 Å². The molecule has 0 unspecified atom stereocenters. The molecule has 13 heavy (non-hydrogen) atoms. The second-order valence-corrected chi connectivity index (χ2v) is 4.30. The van der Waals surface area contributed by atoms with Gasteiger partial charge >= 0.3 is 58.4 Å². The molecule has 2 aliphatic rings. The molecule has 1 spiro atoms. The summed E-state index contributed by atoms with van der Waals surface area (Å²) in [5, 5.41) is 0. The van der Waals surface area contributed by atoms with Gasteiger partial charge in [-0.3, -0.25) is 0 Å². The molecular weight excluding hydrogens is 210 g/mol. The van der Waals surface area contributed by atoms with Crippen molar-refractivity contribution in [2.24, 2.45) is 5.41 Å². The predicted octanol–water partition coefficient (Wildman–Crippen LogP) is 0.120. The molecule has 0 aromatic rings. The van der Waals surface area contributed by atoms with Crippen molar-refractivity contribution in [1.82, 2.24) is 0 Å². The summed E-state index contributed by atoms with van der Waals surface area (Å²) in [6, 6.07) is 0. The van der Waals surface area contributed by atoms with Crippen LogP contribution in [0, 0.1) is 5.41 Å². The van der Waals surface area contributed by atoms with E-state index in [1.807, 2.05) is 0 Å². The Labute approximate surface area is 117 Å². The maximum Gasteiger partial charge on any atom is 1.00 e. The van der Waals surface area contributed by atoms with E-state index in [-0.39, 0.29) is 69.6 Å². The molecule has 2 saturated carbocycles. The smallest absolute Gasteiger partial charge is 0.449 e. The summed E-state index contributed by atoms with van der Waals surface area (Å²) < 4.78 is 48.6. The topological polar surface area (TPSA) is 0 Å². The summed E-state index contributed by atoms with van der Waals surface area (Å²) in [4.78, 5) is 0. The van der Waals surface area contributed by atoms with E-state index in [1.165, 1.54) is 0 Å². The largest absolute Gasteiger partial charge is 1.00 e. The summed E-state index contributed by atoms with van der Waals surface area (Å²) >= 11 is 0.